The maximum absolute atomic E-state index is 12.5. The first-order valence-electron chi connectivity index (χ1n) is 8.64. The van der Waals surface area contributed by atoms with Crippen LogP contribution in [0, 0.1) is 0 Å². The Morgan fingerprint density at radius 1 is 1.15 bits per heavy atom. The first kappa shape index (κ1) is 19.0. The summed E-state index contributed by atoms with van der Waals surface area (Å²) >= 11 is 1.31. The first-order chi connectivity index (χ1) is 13.0. The monoisotopic (exact) mass is 386 g/mol. The number of ether oxygens (including phenoxy) is 2. The minimum Gasteiger partial charge on any atom is -0.493 e. The number of hydrogen-bond donors (Lipinski definition) is 1. The van der Waals surface area contributed by atoms with E-state index in [0.717, 1.165) is 10.3 Å². The van der Waals surface area contributed by atoms with Crippen LogP contribution < -0.4 is 20.3 Å². The van der Waals surface area contributed by atoms with E-state index in [1.54, 1.807) is 27.2 Å². The summed E-state index contributed by atoms with van der Waals surface area (Å²) in [5, 5.41) is 3.55. The van der Waals surface area contributed by atoms with Crippen molar-refractivity contribution in [1.82, 2.24) is 9.27 Å². The highest BCUT2D eigenvalue weighted by Crippen LogP contribution is 2.27. The Bertz CT molecular complexity index is 1010. The summed E-state index contributed by atoms with van der Waals surface area (Å²) in [6.07, 6.45) is 0.653. The summed E-state index contributed by atoms with van der Waals surface area (Å²) in [5.41, 5.74) is 0.901. The molecule has 0 radical (unpaired) electrons. The quantitative estimate of drug-likeness (QED) is 0.678. The van der Waals surface area contributed by atoms with Gasteiger partial charge in [-0.1, -0.05) is 29.7 Å². The number of carbonyl (C=O) groups excluding carboxylic acids is 1. The van der Waals surface area contributed by atoms with E-state index in [-0.39, 0.29) is 11.5 Å². The molecule has 1 unspecified atom stereocenters. The van der Waals surface area contributed by atoms with Gasteiger partial charge in [0.05, 0.1) is 24.3 Å². The summed E-state index contributed by atoms with van der Waals surface area (Å²) in [7, 11) is 3.18. The fourth-order valence-electron chi connectivity index (χ4n) is 2.86. The number of hydrogen-bond acceptors (Lipinski definition) is 5. The van der Waals surface area contributed by atoms with Gasteiger partial charge in [0.1, 0.15) is 6.04 Å². The van der Waals surface area contributed by atoms with Crippen LogP contribution in [0.2, 0.25) is 0 Å². The molecule has 1 amide bonds. The van der Waals surface area contributed by atoms with Crippen molar-refractivity contribution < 1.29 is 14.3 Å². The number of benzene rings is 2. The van der Waals surface area contributed by atoms with E-state index in [4.69, 9.17) is 9.47 Å². The largest absolute Gasteiger partial charge is 0.493 e. The Morgan fingerprint density at radius 2 is 1.89 bits per heavy atom. The van der Waals surface area contributed by atoms with Crippen LogP contribution in [-0.2, 0) is 11.2 Å². The molecule has 6 nitrogen and oxygen atoms in total. The molecule has 0 bridgehead atoms. The minimum absolute atomic E-state index is 0.127. The maximum atomic E-state index is 12.5. The Labute approximate surface area is 161 Å². The Hall–Kier alpha value is -2.80. The Morgan fingerprint density at radius 3 is 2.59 bits per heavy atom. The number of rotatable bonds is 7. The van der Waals surface area contributed by atoms with Crippen LogP contribution in [0.1, 0.15) is 18.5 Å². The van der Waals surface area contributed by atoms with E-state index in [1.165, 1.54) is 15.5 Å². The molecule has 1 N–H and O–H groups in total. The van der Waals surface area contributed by atoms with Crippen LogP contribution in [0.5, 0.6) is 11.5 Å². The van der Waals surface area contributed by atoms with Crippen LogP contribution in [0.4, 0.5) is 0 Å². The molecule has 1 aromatic heterocycles. The average Bonchev–Trinajstić information content (AvgIpc) is 3.04. The third-order valence-corrected chi connectivity index (χ3v) is 5.64. The minimum atomic E-state index is -0.555. The maximum Gasteiger partial charge on any atom is 0.269 e. The average molecular weight is 386 g/mol. The van der Waals surface area contributed by atoms with Gasteiger partial charge in [0.25, 0.3) is 5.56 Å². The van der Waals surface area contributed by atoms with Gasteiger partial charge in [-0.2, -0.15) is 0 Å². The van der Waals surface area contributed by atoms with Gasteiger partial charge in [-0.25, -0.2) is 0 Å². The van der Waals surface area contributed by atoms with Gasteiger partial charge in [0.15, 0.2) is 11.5 Å². The number of methoxy groups -OCH3 is 2. The zero-order valence-electron chi connectivity index (χ0n) is 15.5. The fourth-order valence-corrected chi connectivity index (χ4v) is 3.90. The summed E-state index contributed by atoms with van der Waals surface area (Å²) in [6.45, 7) is 2.21. The SMILES string of the molecule is COc1ccc(CCNC(=O)C(C)n2sc3ccccc3c2=O)cc1OC. The third-order valence-electron chi connectivity index (χ3n) is 4.41. The number of carbonyl (C=O) groups is 1. The van der Waals surface area contributed by atoms with Crippen LogP contribution in [-0.4, -0.2) is 30.6 Å². The van der Waals surface area contributed by atoms with Gasteiger partial charge < -0.3 is 14.8 Å². The Balaban J connectivity index is 1.63. The van der Waals surface area contributed by atoms with E-state index in [0.29, 0.717) is 29.9 Å². The van der Waals surface area contributed by atoms with Crippen molar-refractivity contribution in [2.45, 2.75) is 19.4 Å². The molecule has 0 aliphatic heterocycles. The van der Waals surface area contributed by atoms with Gasteiger partial charge in [0.2, 0.25) is 5.91 Å². The lowest BCUT2D eigenvalue weighted by Crippen LogP contribution is -2.34. The van der Waals surface area contributed by atoms with Crippen molar-refractivity contribution in [3.8, 4) is 11.5 Å². The van der Waals surface area contributed by atoms with Crippen molar-refractivity contribution in [3.63, 3.8) is 0 Å². The number of fused-ring (bicyclic) bond motifs is 1. The highest BCUT2D eigenvalue weighted by Gasteiger charge is 2.19. The van der Waals surface area contributed by atoms with Crippen LogP contribution in [0.3, 0.4) is 0 Å². The number of nitrogens with one attached hydrogen (secondary N) is 1. The molecule has 0 saturated carbocycles. The zero-order valence-corrected chi connectivity index (χ0v) is 16.3. The lowest BCUT2D eigenvalue weighted by Gasteiger charge is -2.13. The third kappa shape index (κ3) is 3.98. The van der Waals surface area contributed by atoms with Crippen molar-refractivity contribution in [3.05, 3.63) is 58.4 Å². The van der Waals surface area contributed by atoms with E-state index in [2.05, 4.69) is 5.32 Å². The van der Waals surface area contributed by atoms with Gasteiger partial charge in [-0.15, -0.1) is 0 Å². The normalized spacial score (nSPS) is 12.0. The second-order valence-electron chi connectivity index (χ2n) is 6.12. The number of nitrogens with zero attached hydrogens (tertiary/aromatic N) is 1. The van der Waals surface area contributed by atoms with E-state index < -0.39 is 6.04 Å². The van der Waals surface area contributed by atoms with Crippen molar-refractivity contribution in [1.29, 1.82) is 0 Å². The molecule has 7 heteroatoms. The topological polar surface area (TPSA) is 69.6 Å². The molecule has 0 aliphatic rings. The molecule has 3 rings (SSSR count). The van der Waals surface area contributed by atoms with Gasteiger partial charge in [0, 0.05) is 6.54 Å². The molecule has 3 aromatic rings. The van der Waals surface area contributed by atoms with Crippen LogP contribution in [0.15, 0.2) is 47.3 Å². The van der Waals surface area contributed by atoms with Crippen LogP contribution >= 0.6 is 11.5 Å². The standard InChI is InChI=1S/C20H22N2O4S/c1-13(22-20(24)15-6-4-5-7-18(15)27-22)19(23)21-11-10-14-8-9-16(25-2)17(12-14)26-3/h4-9,12-13H,10-11H2,1-3H3,(H,21,23). The second kappa shape index (κ2) is 8.26. The summed E-state index contributed by atoms with van der Waals surface area (Å²) in [6, 6.07) is 12.5. The summed E-state index contributed by atoms with van der Waals surface area (Å²) < 4.78 is 12.9. The fraction of sp³-hybridized carbons (Fsp3) is 0.300. The molecule has 0 saturated heterocycles. The van der Waals surface area contributed by atoms with Gasteiger partial charge >= 0.3 is 0 Å². The highest BCUT2D eigenvalue weighted by atomic mass is 32.1. The number of aromatic nitrogens is 1. The van der Waals surface area contributed by atoms with Crippen LogP contribution in [0.25, 0.3) is 10.1 Å². The summed E-state index contributed by atoms with van der Waals surface area (Å²) in [4.78, 5) is 24.9. The molecule has 0 spiro atoms. The summed E-state index contributed by atoms with van der Waals surface area (Å²) in [5.74, 6) is 1.15. The zero-order chi connectivity index (χ0) is 19.4. The van der Waals surface area contributed by atoms with E-state index >= 15 is 0 Å². The molecular weight excluding hydrogens is 364 g/mol. The highest BCUT2D eigenvalue weighted by molar-refractivity contribution is 7.14. The van der Waals surface area contributed by atoms with E-state index in [1.807, 2.05) is 36.4 Å². The van der Waals surface area contributed by atoms with Crippen molar-refractivity contribution >= 4 is 27.5 Å². The first-order valence-corrected chi connectivity index (χ1v) is 9.41. The smallest absolute Gasteiger partial charge is 0.269 e. The molecule has 1 atom stereocenters. The van der Waals surface area contributed by atoms with Crippen molar-refractivity contribution in [2.24, 2.45) is 0 Å². The molecular formula is C20H22N2O4S. The lowest BCUT2D eigenvalue weighted by molar-refractivity contribution is -0.123. The van der Waals surface area contributed by atoms with Crippen molar-refractivity contribution in [2.75, 3.05) is 20.8 Å². The van der Waals surface area contributed by atoms with Gasteiger partial charge in [-0.3, -0.25) is 13.5 Å². The predicted octanol–water partition coefficient (Wildman–Crippen LogP) is 3.00. The Kier molecular flexibility index (Phi) is 5.81. The molecule has 1 heterocycles. The molecule has 27 heavy (non-hydrogen) atoms. The number of amides is 1. The molecule has 2 aromatic carbocycles. The molecule has 0 fully saturated rings. The molecule has 0 aliphatic carbocycles. The predicted molar refractivity (Wildman–Crippen MR) is 107 cm³/mol. The van der Waals surface area contributed by atoms with E-state index in [9.17, 15) is 9.59 Å². The lowest BCUT2D eigenvalue weighted by atomic mass is 10.1. The van der Waals surface area contributed by atoms with Gasteiger partial charge in [-0.05, 0) is 43.2 Å². The molecule has 142 valence electrons. The second-order valence-corrected chi connectivity index (χ2v) is 7.14.